The number of hydrogen-bond acceptors (Lipinski definition) is 2. The van der Waals surface area contributed by atoms with Crippen molar-refractivity contribution >= 4 is 17.8 Å². The van der Waals surface area contributed by atoms with Crippen LogP contribution >= 0.6 is 11.6 Å². The smallest absolute Gasteiger partial charge is 0.449 e. The predicted octanol–water partition coefficient (Wildman–Crippen LogP) is 3.04. The highest BCUT2D eigenvalue weighted by Gasteiger charge is 2.09. The number of halogens is 1. The fourth-order valence-electron chi connectivity index (χ4n) is 1.28. The molecule has 0 unspecified atom stereocenters. The van der Waals surface area contributed by atoms with E-state index in [9.17, 15) is 4.79 Å². The lowest BCUT2D eigenvalue weighted by atomic mass is 10.1. The minimum Gasteiger partial charge on any atom is -0.449 e. The van der Waals surface area contributed by atoms with Gasteiger partial charge in [-0.2, -0.15) is 0 Å². The van der Waals surface area contributed by atoms with Crippen molar-refractivity contribution in [2.24, 2.45) is 0 Å². The first kappa shape index (κ1) is 10.9. The van der Waals surface area contributed by atoms with Crippen molar-refractivity contribution in [2.45, 2.75) is 19.2 Å². The molecular weight excluding hydrogens is 204 g/mol. The number of alkyl halides is 1. The van der Waals surface area contributed by atoms with Crippen molar-refractivity contribution in [3.63, 3.8) is 0 Å². The maximum absolute atomic E-state index is 10.4. The van der Waals surface area contributed by atoms with Crippen LogP contribution in [0.5, 0.6) is 5.75 Å². The quantitative estimate of drug-likeness (QED) is 0.478. The number of aryl methyl sites for hydroxylation is 1. The van der Waals surface area contributed by atoms with Crippen LogP contribution in [0.3, 0.4) is 0 Å². The van der Waals surface area contributed by atoms with Crippen LogP contribution in [0.15, 0.2) is 18.2 Å². The molecular formula is C10H11ClO3. The van der Waals surface area contributed by atoms with E-state index in [0.29, 0.717) is 5.75 Å². The second kappa shape index (κ2) is 4.86. The van der Waals surface area contributed by atoms with Gasteiger partial charge >= 0.3 is 6.16 Å². The van der Waals surface area contributed by atoms with Gasteiger partial charge in [0.15, 0.2) is 0 Å². The van der Waals surface area contributed by atoms with Gasteiger partial charge in [0.1, 0.15) is 5.75 Å². The third kappa shape index (κ3) is 2.39. The summed E-state index contributed by atoms with van der Waals surface area (Å²) in [5.41, 5.74) is 1.76. The molecule has 1 rings (SSSR count). The van der Waals surface area contributed by atoms with Crippen LogP contribution < -0.4 is 4.74 Å². The van der Waals surface area contributed by atoms with E-state index in [1.807, 2.05) is 13.0 Å². The monoisotopic (exact) mass is 214 g/mol. The minimum atomic E-state index is -1.32. The number of rotatable bonds is 3. The Hall–Kier alpha value is -1.22. The van der Waals surface area contributed by atoms with Crippen molar-refractivity contribution < 1.29 is 14.6 Å². The SMILES string of the molecule is CCc1cccc(OC(=O)O)c1CCl. The Labute approximate surface area is 87.3 Å². The maximum Gasteiger partial charge on any atom is 0.511 e. The molecule has 0 aliphatic rings. The molecule has 0 bridgehead atoms. The molecule has 0 radical (unpaired) electrons. The highest BCUT2D eigenvalue weighted by molar-refractivity contribution is 6.17. The van der Waals surface area contributed by atoms with E-state index in [-0.39, 0.29) is 5.88 Å². The Morgan fingerprint density at radius 2 is 2.29 bits per heavy atom. The number of benzene rings is 1. The first-order valence-corrected chi connectivity index (χ1v) is 4.80. The molecule has 1 aromatic rings. The van der Waals surface area contributed by atoms with Crippen molar-refractivity contribution in [3.8, 4) is 5.75 Å². The highest BCUT2D eigenvalue weighted by atomic mass is 35.5. The van der Waals surface area contributed by atoms with Gasteiger partial charge in [0.2, 0.25) is 0 Å². The molecule has 0 aliphatic carbocycles. The van der Waals surface area contributed by atoms with E-state index < -0.39 is 6.16 Å². The molecule has 4 heteroatoms. The molecule has 14 heavy (non-hydrogen) atoms. The lowest BCUT2D eigenvalue weighted by molar-refractivity contribution is 0.144. The normalized spacial score (nSPS) is 9.86. The van der Waals surface area contributed by atoms with E-state index in [2.05, 4.69) is 4.74 Å². The average molecular weight is 215 g/mol. The van der Waals surface area contributed by atoms with Crippen molar-refractivity contribution in [3.05, 3.63) is 29.3 Å². The van der Waals surface area contributed by atoms with Crippen molar-refractivity contribution in [1.29, 1.82) is 0 Å². The van der Waals surface area contributed by atoms with Crippen LogP contribution in [-0.2, 0) is 12.3 Å². The van der Waals surface area contributed by atoms with Crippen LogP contribution in [0.2, 0.25) is 0 Å². The van der Waals surface area contributed by atoms with E-state index in [4.69, 9.17) is 16.7 Å². The third-order valence-corrected chi connectivity index (χ3v) is 2.21. The molecule has 0 saturated carbocycles. The fraction of sp³-hybridized carbons (Fsp3) is 0.300. The zero-order valence-corrected chi connectivity index (χ0v) is 8.54. The number of carboxylic acid groups (broad SMARTS) is 1. The topological polar surface area (TPSA) is 46.5 Å². The third-order valence-electron chi connectivity index (χ3n) is 1.94. The first-order valence-electron chi connectivity index (χ1n) is 4.26. The zero-order chi connectivity index (χ0) is 10.6. The standard InChI is InChI=1S/C10H11ClO3/c1-2-7-4-3-5-9(8(7)6-11)14-10(12)13/h3-5H,2,6H2,1H3,(H,12,13). The lowest BCUT2D eigenvalue weighted by Gasteiger charge is -2.09. The number of carbonyl (C=O) groups is 1. The summed E-state index contributed by atoms with van der Waals surface area (Å²) in [6, 6.07) is 5.27. The largest absolute Gasteiger partial charge is 0.511 e. The molecule has 76 valence electrons. The van der Waals surface area contributed by atoms with Gasteiger partial charge in [-0.1, -0.05) is 19.1 Å². The molecule has 0 aromatic heterocycles. The molecule has 1 aromatic carbocycles. The summed E-state index contributed by atoms with van der Waals surface area (Å²) >= 11 is 5.73. The lowest BCUT2D eigenvalue weighted by Crippen LogP contribution is -2.06. The highest BCUT2D eigenvalue weighted by Crippen LogP contribution is 2.24. The van der Waals surface area contributed by atoms with Crippen LogP contribution in [0.1, 0.15) is 18.1 Å². The van der Waals surface area contributed by atoms with E-state index in [0.717, 1.165) is 17.5 Å². The second-order valence-corrected chi connectivity index (χ2v) is 3.02. The molecule has 0 heterocycles. The van der Waals surface area contributed by atoms with Crippen molar-refractivity contribution in [2.75, 3.05) is 0 Å². The minimum absolute atomic E-state index is 0.257. The molecule has 3 nitrogen and oxygen atoms in total. The first-order chi connectivity index (χ1) is 6.69. The van der Waals surface area contributed by atoms with Gasteiger partial charge in [-0.05, 0) is 18.1 Å². The summed E-state index contributed by atoms with van der Waals surface area (Å²) in [7, 11) is 0. The number of hydrogen-bond donors (Lipinski definition) is 1. The van der Waals surface area contributed by atoms with E-state index in [1.54, 1.807) is 12.1 Å². The van der Waals surface area contributed by atoms with Gasteiger partial charge in [-0.25, -0.2) is 4.79 Å². The van der Waals surface area contributed by atoms with E-state index >= 15 is 0 Å². The zero-order valence-electron chi connectivity index (χ0n) is 7.79. The van der Waals surface area contributed by atoms with Crippen LogP contribution in [0, 0.1) is 0 Å². The van der Waals surface area contributed by atoms with Crippen LogP contribution in [0.25, 0.3) is 0 Å². The van der Waals surface area contributed by atoms with E-state index in [1.165, 1.54) is 0 Å². The van der Waals surface area contributed by atoms with Gasteiger partial charge in [0, 0.05) is 5.56 Å². The molecule has 0 saturated heterocycles. The van der Waals surface area contributed by atoms with Gasteiger partial charge in [0.25, 0.3) is 0 Å². The molecule has 1 N–H and O–H groups in total. The summed E-state index contributed by atoms with van der Waals surface area (Å²) in [6.45, 7) is 1.98. The molecule has 0 amide bonds. The maximum atomic E-state index is 10.4. The Morgan fingerprint density at radius 3 is 2.79 bits per heavy atom. The van der Waals surface area contributed by atoms with Gasteiger partial charge in [0.05, 0.1) is 5.88 Å². The fourth-order valence-corrected chi connectivity index (χ4v) is 1.59. The van der Waals surface area contributed by atoms with Crippen molar-refractivity contribution in [1.82, 2.24) is 0 Å². The predicted molar refractivity (Wildman–Crippen MR) is 54.0 cm³/mol. The molecule has 0 aliphatic heterocycles. The van der Waals surface area contributed by atoms with Crippen LogP contribution in [-0.4, -0.2) is 11.3 Å². The molecule has 0 atom stereocenters. The summed E-state index contributed by atoms with van der Waals surface area (Å²) in [5.74, 6) is 0.582. The Bertz CT molecular complexity index is 336. The average Bonchev–Trinajstić information content (AvgIpc) is 2.16. The Morgan fingerprint density at radius 1 is 1.57 bits per heavy atom. The van der Waals surface area contributed by atoms with Gasteiger partial charge < -0.3 is 9.84 Å². The van der Waals surface area contributed by atoms with Crippen LogP contribution in [0.4, 0.5) is 4.79 Å². The Balaban J connectivity index is 3.08. The summed E-state index contributed by atoms with van der Waals surface area (Å²) < 4.78 is 4.61. The van der Waals surface area contributed by atoms with Gasteiger partial charge in [-0.15, -0.1) is 11.6 Å². The summed E-state index contributed by atoms with van der Waals surface area (Å²) in [5, 5.41) is 8.49. The summed E-state index contributed by atoms with van der Waals surface area (Å²) in [6.07, 6.45) is -0.511. The summed E-state index contributed by atoms with van der Waals surface area (Å²) in [4.78, 5) is 10.4. The Kier molecular flexibility index (Phi) is 3.77. The number of ether oxygens (including phenoxy) is 1. The second-order valence-electron chi connectivity index (χ2n) is 2.75. The molecule has 0 spiro atoms. The van der Waals surface area contributed by atoms with Gasteiger partial charge in [-0.3, -0.25) is 0 Å². The molecule has 0 fully saturated rings.